The summed E-state index contributed by atoms with van der Waals surface area (Å²) in [6.07, 6.45) is 6.66. The molecule has 0 radical (unpaired) electrons. The molecule has 2 rings (SSSR count). The number of hydrogen-bond acceptors (Lipinski definition) is 1. The van der Waals surface area contributed by atoms with E-state index >= 15 is 0 Å². The number of nitrogens with zero attached hydrogens (tertiary/aromatic N) is 1. The van der Waals surface area contributed by atoms with Crippen molar-refractivity contribution in [1.82, 2.24) is 4.90 Å². The molecule has 0 saturated carbocycles. The van der Waals surface area contributed by atoms with Gasteiger partial charge >= 0.3 is 0 Å². The summed E-state index contributed by atoms with van der Waals surface area (Å²) in [5.41, 5.74) is 0.840. The number of halogens is 1. The van der Waals surface area contributed by atoms with Gasteiger partial charge in [0.2, 0.25) is 5.91 Å². The Balaban J connectivity index is 2.05. The fraction of sp³-hybridized carbons (Fsp3) is 0.438. The summed E-state index contributed by atoms with van der Waals surface area (Å²) in [7, 11) is 0. The minimum Gasteiger partial charge on any atom is -0.334 e. The molecular formula is C16H20FNO. The van der Waals surface area contributed by atoms with Crippen molar-refractivity contribution in [2.75, 3.05) is 0 Å². The Hall–Kier alpha value is -1.64. The minimum atomic E-state index is -0.262. The van der Waals surface area contributed by atoms with Crippen molar-refractivity contribution < 1.29 is 9.18 Å². The summed E-state index contributed by atoms with van der Waals surface area (Å²) in [6, 6.07) is 6.74. The topological polar surface area (TPSA) is 20.3 Å². The zero-order valence-electron chi connectivity index (χ0n) is 11.5. The molecule has 0 aromatic heterocycles. The molecular weight excluding hydrogens is 241 g/mol. The SMILES string of the molecule is C[C@H]1CCC[C@H](C)N1C(=O)/C=C/c1ccc(F)cc1. The van der Waals surface area contributed by atoms with Gasteiger partial charge in [0.1, 0.15) is 5.82 Å². The average Bonchev–Trinajstić information content (AvgIpc) is 2.38. The van der Waals surface area contributed by atoms with Gasteiger partial charge in [0.05, 0.1) is 0 Å². The van der Waals surface area contributed by atoms with Crippen LogP contribution >= 0.6 is 0 Å². The maximum absolute atomic E-state index is 12.8. The number of piperidine rings is 1. The summed E-state index contributed by atoms with van der Waals surface area (Å²) in [6.45, 7) is 4.19. The van der Waals surface area contributed by atoms with Gasteiger partial charge in [-0.05, 0) is 56.9 Å². The number of benzene rings is 1. The molecule has 102 valence electrons. The molecule has 1 aliphatic heterocycles. The predicted molar refractivity (Wildman–Crippen MR) is 75.1 cm³/mol. The van der Waals surface area contributed by atoms with E-state index in [1.807, 2.05) is 4.90 Å². The van der Waals surface area contributed by atoms with Crippen LogP contribution in [0.1, 0.15) is 38.7 Å². The fourth-order valence-corrected chi connectivity index (χ4v) is 2.68. The zero-order chi connectivity index (χ0) is 13.8. The Morgan fingerprint density at radius 2 is 1.79 bits per heavy atom. The Bertz CT molecular complexity index is 456. The normalized spacial score (nSPS) is 23.8. The van der Waals surface area contributed by atoms with Crippen LogP contribution in [0, 0.1) is 5.82 Å². The maximum atomic E-state index is 12.8. The third kappa shape index (κ3) is 3.43. The molecule has 0 aliphatic carbocycles. The van der Waals surface area contributed by atoms with Crippen LogP contribution in [0.2, 0.25) is 0 Å². The van der Waals surface area contributed by atoms with Crippen LogP contribution < -0.4 is 0 Å². The van der Waals surface area contributed by atoms with Crippen LogP contribution in [0.25, 0.3) is 6.08 Å². The standard InChI is InChI=1S/C16H20FNO/c1-12-4-3-5-13(2)18(12)16(19)11-8-14-6-9-15(17)10-7-14/h6-13H,3-5H2,1-2H3/b11-8+/t12-,13-/m0/s1. The predicted octanol–water partition coefficient (Wildman–Crippen LogP) is 3.63. The van der Waals surface area contributed by atoms with Crippen molar-refractivity contribution in [3.05, 3.63) is 41.7 Å². The van der Waals surface area contributed by atoms with Crippen molar-refractivity contribution in [2.45, 2.75) is 45.2 Å². The number of amides is 1. The quantitative estimate of drug-likeness (QED) is 0.744. The van der Waals surface area contributed by atoms with Gasteiger partial charge in [-0.1, -0.05) is 12.1 Å². The first-order valence-electron chi connectivity index (χ1n) is 6.84. The monoisotopic (exact) mass is 261 g/mol. The van der Waals surface area contributed by atoms with Crippen LogP contribution in [0.5, 0.6) is 0 Å². The lowest BCUT2D eigenvalue weighted by molar-refractivity contribution is -0.131. The van der Waals surface area contributed by atoms with E-state index in [2.05, 4.69) is 13.8 Å². The van der Waals surface area contributed by atoms with E-state index in [9.17, 15) is 9.18 Å². The van der Waals surface area contributed by atoms with Gasteiger partial charge in [-0.2, -0.15) is 0 Å². The van der Waals surface area contributed by atoms with Crippen molar-refractivity contribution in [2.24, 2.45) is 0 Å². The second kappa shape index (κ2) is 6.00. The van der Waals surface area contributed by atoms with Gasteiger partial charge in [0.15, 0.2) is 0 Å². The average molecular weight is 261 g/mol. The van der Waals surface area contributed by atoms with E-state index in [1.54, 1.807) is 24.3 Å². The van der Waals surface area contributed by atoms with Crippen molar-refractivity contribution in [1.29, 1.82) is 0 Å². The summed E-state index contributed by atoms with van der Waals surface area (Å²) in [5.74, 6) is -0.217. The molecule has 19 heavy (non-hydrogen) atoms. The first-order chi connectivity index (χ1) is 9.08. The number of carbonyl (C=O) groups excluding carboxylic acids is 1. The maximum Gasteiger partial charge on any atom is 0.247 e. The van der Waals surface area contributed by atoms with Crippen molar-refractivity contribution >= 4 is 12.0 Å². The summed E-state index contributed by atoms with van der Waals surface area (Å²) in [4.78, 5) is 14.2. The lowest BCUT2D eigenvalue weighted by Crippen LogP contribution is -2.46. The highest BCUT2D eigenvalue weighted by molar-refractivity contribution is 5.92. The molecule has 2 atom stereocenters. The van der Waals surface area contributed by atoms with Gasteiger partial charge in [0, 0.05) is 18.2 Å². The second-order valence-electron chi connectivity index (χ2n) is 5.26. The minimum absolute atomic E-state index is 0.0454. The van der Waals surface area contributed by atoms with E-state index in [4.69, 9.17) is 0 Å². The van der Waals surface area contributed by atoms with Crippen LogP contribution in [0.15, 0.2) is 30.3 Å². The second-order valence-corrected chi connectivity index (χ2v) is 5.26. The van der Waals surface area contributed by atoms with Gasteiger partial charge in [-0.3, -0.25) is 4.79 Å². The molecule has 1 aliphatic rings. The molecule has 1 aromatic carbocycles. The van der Waals surface area contributed by atoms with Crippen LogP contribution in [0.3, 0.4) is 0 Å². The van der Waals surface area contributed by atoms with Gasteiger partial charge in [-0.25, -0.2) is 4.39 Å². The Morgan fingerprint density at radius 3 is 2.37 bits per heavy atom. The Labute approximate surface area is 113 Å². The molecule has 1 aromatic rings. The Kier molecular flexibility index (Phi) is 4.35. The molecule has 0 unspecified atom stereocenters. The first kappa shape index (κ1) is 13.8. The van der Waals surface area contributed by atoms with Gasteiger partial charge in [-0.15, -0.1) is 0 Å². The third-order valence-electron chi connectivity index (χ3n) is 3.74. The lowest BCUT2D eigenvalue weighted by atomic mass is 9.97. The largest absolute Gasteiger partial charge is 0.334 e. The fourth-order valence-electron chi connectivity index (χ4n) is 2.68. The number of likely N-dealkylation sites (tertiary alicyclic amines) is 1. The van der Waals surface area contributed by atoms with Crippen LogP contribution in [-0.2, 0) is 4.79 Å². The summed E-state index contributed by atoms with van der Waals surface area (Å²) < 4.78 is 12.8. The molecule has 0 spiro atoms. The molecule has 2 nitrogen and oxygen atoms in total. The molecule has 0 N–H and O–H groups in total. The van der Waals surface area contributed by atoms with Crippen molar-refractivity contribution in [3.63, 3.8) is 0 Å². The van der Waals surface area contributed by atoms with Gasteiger partial charge in [0.25, 0.3) is 0 Å². The van der Waals surface area contributed by atoms with Crippen molar-refractivity contribution in [3.8, 4) is 0 Å². The van der Waals surface area contributed by atoms with E-state index in [0.717, 1.165) is 18.4 Å². The number of rotatable bonds is 2. The highest BCUT2D eigenvalue weighted by Crippen LogP contribution is 2.22. The molecule has 1 heterocycles. The zero-order valence-corrected chi connectivity index (χ0v) is 11.5. The molecule has 1 saturated heterocycles. The highest BCUT2D eigenvalue weighted by Gasteiger charge is 2.27. The smallest absolute Gasteiger partial charge is 0.247 e. The van der Waals surface area contributed by atoms with Gasteiger partial charge < -0.3 is 4.90 Å². The molecule has 0 bridgehead atoms. The van der Waals surface area contributed by atoms with E-state index in [1.165, 1.54) is 18.6 Å². The molecule has 3 heteroatoms. The summed E-state index contributed by atoms with van der Waals surface area (Å²) >= 11 is 0. The summed E-state index contributed by atoms with van der Waals surface area (Å²) in [5, 5.41) is 0. The van der Waals surface area contributed by atoms with Crippen LogP contribution in [-0.4, -0.2) is 22.9 Å². The number of hydrogen-bond donors (Lipinski definition) is 0. The van der Waals surface area contributed by atoms with E-state index in [0.29, 0.717) is 12.1 Å². The van der Waals surface area contributed by atoms with E-state index in [-0.39, 0.29) is 11.7 Å². The molecule has 1 amide bonds. The van der Waals surface area contributed by atoms with Crippen LogP contribution in [0.4, 0.5) is 4.39 Å². The van der Waals surface area contributed by atoms with E-state index < -0.39 is 0 Å². The third-order valence-corrected chi connectivity index (χ3v) is 3.74. The number of carbonyl (C=O) groups is 1. The first-order valence-corrected chi connectivity index (χ1v) is 6.84. The highest BCUT2D eigenvalue weighted by atomic mass is 19.1. The Morgan fingerprint density at radius 1 is 1.21 bits per heavy atom. The lowest BCUT2D eigenvalue weighted by Gasteiger charge is -2.38. The molecule has 1 fully saturated rings.